The van der Waals surface area contributed by atoms with Gasteiger partial charge >= 0.3 is 16.2 Å². The van der Waals surface area contributed by atoms with Crippen molar-refractivity contribution in [2.75, 3.05) is 26.0 Å². The first-order valence-corrected chi connectivity index (χ1v) is 10.9. The highest BCUT2D eigenvalue weighted by molar-refractivity contribution is 7.91. The predicted octanol–water partition coefficient (Wildman–Crippen LogP) is 4.10. The topological polar surface area (TPSA) is 78.6 Å². The number of rotatable bonds is 7. The third-order valence-corrected chi connectivity index (χ3v) is 6.86. The van der Waals surface area contributed by atoms with Crippen LogP contribution in [0.5, 0.6) is 17.2 Å². The average Bonchev–Trinajstić information content (AvgIpc) is 2.72. The fourth-order valence-electron chi connectivity index (χ4n) is 3.31. The van der Waals surface area contributed by atoms with E-state index in [2.05, 4.69) is 0 Å². The molecule has 2 N–H and O–H groups in total. The summed E-state index contributed by atoms with van der Waals surface area (Å²) < 4.78 is 75.5. The number of benzene rings is 2. The van der Waals surface area contributed by atoms with Crippen LogP contribution in [0.15, 0.2) is 72.5 Å². The highest BCUT2D eigenvalue weighted by Crippen LogP contribution is 2.38. The van der Waals surface area contributed by atoms with Crippen LogP contribution in [0.25, 0.3) is 0 Å². The summed E-state index contributed by atoms with van der Waals surface area (Å²) in [6, 6.07) is 12.8. The zero-order valence-electron chi connectivity index (χ0n) is 16.7. The van der Waals surface area contributed by atoms with Gasteiger partial charge in [0, 0.05) is 24.3 Å². The van der Waals surface area contributed by atoms with E-state index >= 15 is 0 Å². The van der Waals surface area contributed by atoms with Gasteiger partial charge in [-0.1, -0.05) is 24.3 Å². The van der Waals surface area contributed by atoms with Crippen LogP contribution in [0.4, 0.5) is 18.9 Å². The molecule has 3 rings (SSSR count). The van der Waals surface area contributed by atoms with Gasteiger partial charge in [-0.2, -0.15) is 25.5 Å². The molecule has 0 radical (unpaired) electrons. The molecule has 10 heteroatoms. The summed E-state index contributed by atoms with van der Waals surface area (Å²) in [5, 5.41) is 0. The van der Waals surface area contributed by atoms with Crippen molar-refractivity contribution >= 4 is 15.7 Å². The Morgan fingerprint density at radius 3 is 2.45 bits per heavy atom. The predicted molar refractivity (Wildman–Crippen MR) is 112 cm³/mol. The summed E-state index contributed by atoms with van der Waals surface area (Å²) in [6.45, 7) is -0.227. The average molecular weight is 455 g/mol. The number of halogens is 3. The molecule has 1 atom stereocenters. The first-order valence-electron chi connectivity index (χ1n) is 9.27. The van der Waals surface area contributed by atoms with Crippen molar-refractivity contribution < 1.29 is 31.1 Å². The molecule has 1 aliphatic rings. The van der Waals surface area contributed by atoms with E-state index in [1.54, 1.807) is 36.4 Å². The lowest BCUT2D eigenvalue weighted by atomic mass is 10.2. The van der Waals surface area contributed by atoms with Gasteiger partial charge in [0.05, 0.1) is 7.11 Å². The number of alkyl halides is 3. The maximum Gasteiger partial charge on any atom is 0.408 e. The van der Waals surface area contributed by atoms with E-state index < -0.39 is 25.8 Å². The number of para-hydroxylation sites is 2. The minimum atomic E-state index is -4.90. The summed E-state index contributed by atoms with van der Waals surface area (Å²) in [5.41, 5.74) is 6.17. The number of nitrogens with two attached hydrogens (primary N) is 1. The Kier molecular flexibility index (Phi) is 6.44. The van der Waals surface area contributed by atoms with Crippen LogP contribution < -0.4 is 19.1 Å². The van der Waals surface area contributed by atoms with E-state index in [9.17, 15) is 21.6 Å². The van der Waals surface area contributed by atoms with Gasteiger partial charge in [0.1, 0.15) is 18.5 Å². The molecule has 31 heavy (non-hydrogen) atoms. The number of methoxy groups -OCH3 is 1. The molecule has 0 aromatic heterocycles. The number of ether oxygens (including phenoxy) is 2. The van der Waals surface area contributed by atoms with Crippen molar-refractivity contribution in [1.29, 1.82) is 0 Å². The Labute approximate surface area is 178 Å². The summed E-state index contributed by atoms with van der Waals surface area (Å²) >= 11 is 0. The second-order valence-electron chi connectivity index (χ2n) is 6.88. The van der Waals surface area contributed by atoms with Crippen molar-refractivity contribution in [2.45, 2.75) is 6.18 Å². The monoisotopic (exact) mass is 455 g/mol. The largest absolute Gasteiger partial charge is 0.493 e. The third kappa shape index (κ3) is 4.92. The fourth-order valence-corrected chi connectivity index (χ4v) is 5.00. The van der Waals surface area contributed by atoms with Crippen molar-refractivity contribution in [1.82, 2.24) is 3.89 Å². The molecule has 0 amide bonds. The molecule has 0 aliphatic carbocycles. The van der Waals surface area contributed by atoms with Crippen LogP contribution in [0.2, 0.25) is 0 Å². The molecular formula is C21H22F3N2O4S+. The van der Waals surface area contributed by atoms with Gasteiger partial charge in [0.2, 0.25) is 0 Å². The molecule has 1 aliphatic heterocycles. The van der Waals surface area contributed by atoms with Crippen LogP contribution in [-0.4, -0.2) is 40.5 Å². The Hall–Kier alpha value is -2.82. The van der Waals surface area contributed by atoms with E-state index in [0.29, 0.717) is 17.1 Å². The molecule has 2 aromatic rings. The molecule has 166 valence electrons. The maximum atomic E-state index is 13.1. The maximum absolute atomic E-state index is 13.1. The second kappa shape index (κ2) is 8.74. The van der Waals surface area contributed by atoms with E-state index in [-0.39, 0.29) is 24.5 Å². The standard InChI is InChI=1S/C21H22F3N2O4S/c1-29-19-9-2-3-10-20(19)30-18-8-4-7-17(12-18)26(11-5-6-16(13-25)14-26)31(27,28)15-21(22,23)24/h2-10,12,14H,11,13,15,25H2,1H3/q+1. The molecule has 0 saturated carbocycles. The zero-order chi connectivity index (χ0) is 22.7. The van der Waals surface area contributed by atoms with Crippen LogP contribution in [0, 0.1) is 0 Å². The number of nitrogens with zero attached hydrogens (tertiary/aromatic N) is 1. The lowest BCUT2D eigenvalue weighted by molar-refractivity contribution is -0.106. The fraction of sp³-hybridized carbons (Fsp3) is 0.238. The Balaban J connectivity index is 2.10. The first kappa shape index (κ1) is 22.9. The van der Waals surface area contributed by atoms with E-state index in [1.807, 2.05) is 0 Å². The lowest BCUT2D eigenvalue weighted by Gasteiger charge is -2.34. The quantitative estimate of drug-likeness (QED) is 0.636. The molecule has 0 saturated heterocycles. The van der Waals surface area contributed by atoms with Gasteiger partial charge in [-0.15, -0.1) is 0 Å². The van der Waals surface area contributed by atoms with Crippen molar-refractivity contribution in [3.8, 4) is 17.2 Å². The molecule has 2 aromatic carbocycles. The molecular weight excluding hydrogens is 433 g/mol. The summed E-state index contributed by atoms with van der Waals surface area (Å²) in [6.07, 6.45) is -0.532. The number of hydrogen-bond acceptors (Lipinski definition) is 5. The Bertz CT molecular complexity index is 1110. The van der Waals surface area contributed by atoms with E-state index in [0.717, 1.165) is 0 Å². The SMILES string of the molecule is COc1ccccc1Oc1cccc([N+]2(S(=O)(=O)CC(F)(F)F)C=C(CN)C=CC2)c1. The Morgan fingerprint density at radius 2 is 1.81 bits per heavy atom. The zero-order valence-corrected chi connectivity index (χ0v) is 17.5. The number of sulfonamides is 1. The molecule has 0 bridgehead atoms. The van der Waals surface area contributed by atoms with Crippen LogP contribution in [0.1, 0.15) is 0 Å². The number of quaternary nitrogens is 1. The van der Waals surface area contributed by atoms with Crippen molar-refractivity contribution in [2.24, 2.45) is 5.73 Å². The van der Waals surface area contributed by atoms with Gasteiger partial charge in [0.25, 0.3) is 0 Å². The minimum Gasteiger partial charge on any atom is -0.493 e. The van der Waals surface area contributed by atoms with Crippen LogP contribution in [-0.2, 0) is 10.0 Å². The Morgan fingerprint density at radius 1 is 1.10 bits per heavy atom. The van der Waals surface area contributed by atoms with E-state index in [1.165, 1.54) is 37.6 Å². The van der Waals surface area contributed by atoms with Gasteiger partial charge in [0.15, 0.2) is 22.9 Å². The van der Waals surface area contributed by atoms with Gasteiger partial charge in [-0.25, -0.2) is 0 Å². The smallest absolute Gasteiger partial charge is 0.408 e. The molecule has 0 spiro atoms. The highest BCUT2D eigenvalue weighted by atomic mass is 32.2. The van der Waals surface area contributed by atoms with Crippen LogP contribution >= 0.6 is 0 Å². The minimum absolute atomic E-state index is 0.0184. The summed E-state index contributed by atoms with van der Waals surface area (Å²) in [4.78, 5) is 0. The first-order chi connectivity index (χ1) is 14.6. The van der Waals surface area contributed by atoms with Gasteiger partial charge in [-0.3, -0.25) is 0 Å². The summed E-state index contributed by atoms with van der Waals surface area (Å²) in [7, 11) is -3.28. The van der Waals surface area contributed by atoms with Gasteiger partial charge < -0.3 is 15.2 Å². The lowest BCUT2D eigenvalue weighted by Crippen LogP contribution is -2.54. The van der Waals surface area contributed by atoms with Crippen LogP contribution in [0.3, 0.4) is 0 Å². The van der Waals surface area contributed by atoms with Crippen molar-refractivity contribution in [3.63, 3.8) is 0 Å². The normalized spacial score (nSPS) is 19.1. The summed E-state index contributed by atoms with van der Waals surface area (Å²) in [5.74, 6) is -0.894. The molecule has 1 unspecified atom stereocenters. The number of hydrogen-bond donors (Lipinski definition) is 1. The van der Waals surface area contributed by atoms with Crippen molar-refractivity contribution in [3.05, 3.63) is 72.5 Å². The molecule has 0 fully saturated rings. The highest BCUT2D eigenvalue weighted by Gasteiger charge is 2.50. The van der Waals surface area contributed by atoms with E-state index in [4.69, 9.17) is 15.2 Å². The third-order valence-electron chi connectivity index (χ3n) is 4.71. The molecule has 6 nitrogen and oxygen atoms in total. The molecule has 1 heterocycles. The van der Waals surface area contributed by atoms with Gasteiger partial charge in [-0.05, 0) is 24.3 Å². The second-order valence-corrected chi connectivity index (χ2v) is 8.98.